The lowest BCUT2D eigenvalue weighted by Crippen LogP contribution is -2.31. The van der Waals surface area contributed by atoms with E-state index >= 15 is 0 Å². The Labute approximate surface area is 158 Å². The van der Waals surface area contributed by atoms with Crippen LogP contribution in [-0.4, -0.2) is 54.2 Å². The second-order valence-corrected chi connectivity index (χ2v) is 8.30. The lowest BCUT2D eigenvalue weighted by atomic mass is 9.94. The molecular formula is C18H19F3N2O3S. The monoisotopic (exact) mass is 400 g/mol. The highest BCUT2D eigenvalue weighted by molar-refractivity contribution is 8.00. The zero-order valence-electron chi connectivity index (χ0n) is 14.5. The third kappa shape index (κ3) is 4.29. The molecule has 2 heterocycles. The number of fused-ring (bicyclic) bond motifs is 1. The van der Waals surface area contributed by atoms with Crippen molar-refractivity contribution in [1.82, 2.24) is 0 Å². The van der Waals surface area contributed by atoms with Gasteiger partial charge in [0.25, 0.3) is 11.8 Å². The van der Waals surface area contributed by atoms with E-state index in [9.17, 15) is 18.0 Å². The molecule has 0 aromatic rings. The molecule has 5 nitrogen and oxygen atoms in total. The number of alkyl halides is 2. The highest BCUT2D eigenvalue weighted by Gasteiger charge is 2.57. The van der Waals surface area contributed by atoms with Gasteiger partial charge in [-0.05, 0) is 12.8 Å². The van der Waals surface area contributed by atoms with E-state index < -0.39 is 29.5 Å². The van der Waals surface area contributed by atoms with E-state index in [1.165, 1.54) is 6.08 Å². The number of hydrogen-bond acceptors (Lipinski definition) is 5. The van der Waals surface area contributed by atoms with Crippen LogP contribution in [0.2, 0.25) is 0 Å². The Bertz CT molecular complexity index is 757. The molecule has 1 saturated heterocycles. The van der Waals surface area contributed by atoms with Crippen LogP contribution in [0, 0.1) is 11.8 Å². The zero-order valence-corrected chi connectivity index (χ0v) is 15.3. The predicted molar refractivity (Wildman–Crippen MR) is 95.9 cm³/mol. The molecule has 0 aromatic carbocycles. The zero-order chi connectivity index (χ0) is 19.0. The number of carbonyl (C=O) groups is 1. The van der Waals surface area contributed by atoms with Crippen LogP contribution in [0.3, 0.4) is 0 Å². The number of rotatable bonds is 6. The minimum absolute atomic E-state index is 0.108. The van der Waals surface area contributed by atoms with E-state index in [0.717, 1.165) is 32.1 Å². The van der Waals surface area contributed by atoms with Crippen molar-refractivity contribution < 1.29 is 27.4 Å². The van der Waals surface area contributed by atoms with Crippen LogP contribution in [-0.2, 0) is 14.3 Å². The molecule has 2 unspecified atom stereocenters. The molecule has 2 atom stereocenters. The first-order chi connectivity index (χ1) is 12.9. The van der Waals surface area contributed by atoms with Gasteiger partial charge in [-0.15, -0.1) is 0 Å². The first-order valence-electron chi connectivity index (χ1n) is 8.91. The fourth-order valence-corrected chi connectivity index (χ4v) is 4.21. The van der Waals surface area contributed by atoms with Gasteiger partial charge >= 0.3 is 0 Å². The Kier molecular flexibility index (Phi) is 5.15. The van der Waals surface area contributed by atoms with Gasteiger partial charge in [0, 0.05) is 37.0 Å². The van der Waals surface area contributed by atoms with E-state index in [2.05, 4.69) is 9.98 Å². The number of hydrogen-bond donors (Lipinski definition) is 0. The lowest BCUT2D eigenvalue weighted by molar-refractivity contribution is -0.119. The molecular weight excluding hydrogens is 381 g/mol. The largest absolute Gasteiger partial charge is 0.493 e. The Balaban J connectivity index is 1.41. The summed E-state index contributed by atoms with van der Waals surface area (Å²) < 4.78 is 50.8. The molecule has 0 spiro atoms. The predicted octanol–water partition coefficient (Wildman–Crippen LogP) is 3.32. The third-order valence-corrected chi connectivity index (χ3v) is 6.28. The van der Waals surface area contributed by atoms with Crippen LogP contribution in [0.5, 0.6) is 0 Å². The topological polar surface area (TPSA) is 60.2 Å². The number of ether oxygens (including phenoxy) is 2. The summed E-state index contributed by atoms with van der Waals surface area (Å²) in [4.78, 5) is 20.5. The Morgan fingerprint density at radius 3 is 2.70 bits per heavy atom. The number of amides is 1. The summed E-state index contributed by atoms with van der Waals surface area (Å²) >= 11 is 1.66. The van der Waals surface area contributed by atoms with Gasteiger partial charge < -0.3 is 9.47 Å². The summed E-state index contributed by atoms with van der Waals surface area (Å²) in [5.41, 5.74) is 0.218. The van der Waals surface area contributed by atoms with Gasteiger partial charge in [-0.1, -0.05) is 0 Å². The van der Waals surface area contributed by atoms with Crippen molar-refractivity contribution in [2.45, 2.75) is 30.4 Å². The van der Waals surface area contributed by atoms with E-state index in [1.807, 2.05) is 0 Å². The Morgan fingerprint density at radius 2 is 2.00 bits per heavy atom. The van der Waals surface area contributed by atoms with E-state index in [4.69, 9.17) is 9.47 Å². The molecule has 27 heavy (non-hydrogen) atoms. The van der Waals surface area contributed by atoms with Crippen molar-refractivity contribution >= 4 is 29.2 Å². The molecule has 1 amide bonds. The molecule has 4 aliphatic rings. The first-order valence-corrected chi connectivity index (χ1v) is 9.96. The second kappa shape index (κ2) is 7.43. The van der Waals surface area contributed by atoms with Crippen molar-refractivity contribution in [1.29, 1.82) is 0 Å². The average molecular weight is 400 g/mol. The SMILES string of the molecule is O=C1N=C(CSC2CCOCC2)N=C2C=C(OCC3CC3(F)F)C=C(F)C12. The fraction of sp³-hybridized carbons (Fsp3) is 0.611. The van der Waals surface area contributed by atoms with Crippen LogP contribution in [0.1, 0.15) is 19.3 Å². The average Bonchev–Trinajstić information content (AvgIpc) is 3.25. The van der Waals surface area contributed by atoms with Crippen LogP contribution < -0.4 is 0 Å². The van der Waals surface area contributed by atoms with Gasteiger partial charge in [-0.3, -0.25) is 4.79 Å². The number of thioether (sulfide) groups is 1. The van der Waals surface area contributed by atoms with Crippen molar-refractivity contribution in [2.75, 3.05) is 25.6 Å². The van der Waals surface area contributed by atoms with Crippen LogP contribution in [0.15, 0.2) is 33.7 Å². The fourth-order valence-electron chi connectivity index (χ4n) is 3.17. The molecule has 0 aromatic heterocycles. The summed E-state index contributed by atoms with van der Waals surface area (Å²) in [7, 11) is 0. The summed E-state index contributed by atoms with van der Waals surface area (Å²) in [6.07, 6.45) is 4.16. The minimum Gasteiger partial charge on any atom is -0.493 e. The van der Waals surface area contributed by atoms with Crippen molar-refractivity contribution in [3.05, 3.63) is 23.7 Å². The molecule has 9 heteroatoms. The number of nitrogens with zero attached hydrogens (tertiary/aromatic N) is 2. The van der Waals surface area contributed by atoms with E-state index in [1.54, 1.807) is 11.8 Å². The molecule has 146 valence electrons. The second-order valence-electron chi connectivity index (χ2n) is 7.01. The Morgan fingerprint density at radius 1 is 1.26 bits per heavy atom. The molecule has 2 aliphatic carbocycles. The highest BCUT2D eigenvalue weighted by Crippen LogP contribution is 2.48. The van der Waals surface area contributed by atoms with Gasteiger partial charge in [0.05, 0.1) is 24.0 Å². The van der Waals surface area contributed by atoms with Gasteiger partial charge in [-0.2, -0.15) is 16.8 Å². The van der Waals surface area contributed by atoms with Crippen LogP contribution >= 0.6 is 11.8 Å². The Hall–Kier alpha value is -1.61. The number of carbonyl (C=O) groups excluding carboxylic acids is 1. The maximum Gasteiger partial charge on any atom is 0.263 e. The van der Waals surface area contributed by atoms with Crippen molar-refractivity contribution in [3.8, 4) is 0 Å². The van der Waals surface area contributed by atoms with E-state index in [0.29, 0.717) is 16.8 Å². The smallest absolute Gasteiger partial charge is 0.263 e. The van der Waals surface area contributed by atoms with Gasteiger partial charge in [0.15, 0.2) is 0 Å². The molecule has 0 bridgehead atoms. The molecule has 2 fully saturated rings. The number of aliphatic imine (C=N–C) groups is 2. The normalized spacial score (nSPS) is 30.0. The quantitative estimate of drug-likeness (QED) is 0.686. The van der Waals surface area contributed by atoms with Gasteiger partial charge in [0.2, 0.25) is 0 Å². The summed E-state index contributed by atoms with van der Waals surface area (Å²) in [6, 6.07) is 0. The number of allylic oxidation sites excluding steroid dienone is 2. The summed E-state index contributed by atoms with van der Waals surface area (Å²) in [5.74, 6) is -5.10. The lowest BCUT2D eigenvalue weighted by Gasteiger charge is -2.24. The molecule has 0 radical (unpaired) electrons. The molecule has 0 N–H and O–H groups in total. The van der Waals surface area contributed by atoms with E-state index in [-0.39, 0.29) is 24.5 Å². The maximum atomic E-state index is 14.3. The summed E-state index contributed by atoms with van der Waals surface area (Å²) in [6.45, 7) is 1.26. The highest BCUT2D eigenvalue weighted by atomic mass is 32.2. The molecule has 1 saturated carbocycles. The van der Waals surface area contributed by atoms with Gasteiger partial charge in [-0.25, -0.2) is 18.2 Å². The van der Waals surface area contributed by atoms with Crippen molar-refractivity contribution in [2.24, 2.45) is 21.8 Å². The summed E-state index contributed by atoms with van der Waals surface area (Å²) in [5, 5.41) is 0.423. The number of halogens is 3. The standard InChI is InChI=1S/C18H19F3N2O3S/c19-13-5-11(26-8-10-7-18(10,20)21)6-14-16(13)17(24)23-15(22-14)9-27-12-1-3-25-4-2-12/h5-6,10,12,16H,1-4,7-9H2. The van der Waals surface area contributed by atoms with Crippen molar-refractivity contribution in [3.63, 3.8) is 0 Å². The first kappa shape index (κ1) is 18.7. The number of amidine groups is 1. The molecule has 4 rings (SSSR count). The maximum absolute atomic E-state index is 14.3. The van der Waals surface area contributed by atoms with Crippen LogP contribution in [0.4, 0.5) is 13.2 Å². The third-order valence-electron chi connectivity index (χ3n) is 4.91. The van der Waals surface area contributed by atoms with Crippen LogP contribution in [0.25, 0.3) is 0 Å². The van der Waals surface area contributed by atoms with Gasteiger partial charge in [0.1, 0.15) is 23.3 Å². The minimum atomic E-state index is -2.69. The molecule has 2 aliphatic heterocycles.